The van der Waals surface area contributed by atoms with Crippen molar-refractivity contribution in [2.75, 3.05) is 0 Å². The van der Waals surface area contributed by atoms with Crippen LogP contribution in [0.4, 0.5) is 8.78 Å². The number of carboxylic acid groups (broad SMARTS) is 1. The van der Waals surface area contributed by atoms with Crippen molar-refractivity contribution in [1.29, 1.82) is 5.26 Å². The molecule has 0 N–H and O–H groups in total. The van der Waals surface area contributed by atoms with Gasteiger partial charge < -0.3 is 19.4 Å². The van der Waals surface area contributed by atoms with Crippen LogP contribution in [0.1, 0.15) is 25.0 Å². The van der Waals surface area contributed by atoms with Gasteiger partial charge >= 0.3 is 6.61 Å². The van der Waals surface area contributed by atoms with Gasteiger partial charge in [-0.1, -0.05) is 56.3 Å². The lowest BCUT2D eigenvalue weighted by Crippen LogP contribution is -2.55. The summed E-state index contributed by atoms with van der Waals surface area (Å²) in [7, 11) is 0. The van der Waals surface area contributed by atoms with Gasteiger partial charge in [0.15, 0.2) is 0 Å². The molecule has 0 aliphatic rings. The summed E-state index contributed by atoms with van der Waals surface area (Å²) in [5.41, 5.74) is -2.32. The van der Waals surface area contributed by atoms with E-state index in [9.17, 15) is 23.9 Å². The van der Waals surface area contributed by atoms with E-state index in [0.717, 1.165) is 5.56 Å². The lowest BCUT2D eigenvalue weighted by molar-refractivity contribution is -0.315. The number of aliphatic carboxylic acids is 1. The number of carbonyl (C=O) groups is 1. The van der Waals surface area contributed by atoms with Crippen molar-refractivity contribution in [3.05, 3.63) is 90.0 Å². The second kappa shape index (κ2) is 9.70. The minimum atomic E-state index is -3.01. The molecule has 0 aliphatic carbocycles. The standard InChI is InChI=1S/C26H23F2NO4/c1-25(2,16-18-7-6-10-22(15-18)32-20-8-4-3-5-9-20)26(17-29,23(30)31)19-11-13-21(14-12-19)33-24(27)28/h3-15,24H,16H2,1-2H3,(H,30,31)/p-1. The number of benzene rings is 3. The molecular formula is C26H22F2NO4-. The van der Waals surface area contributed by atoms with Crippen molar-refractivity contribution in [2.45, 2.75) is 32.3 Å². The van der Waals surface area contributed by atoms with E-state index in [1.807, 2.05) is 42.5 Å². The quantitative estimate of drug-likeness (QED) is 0.465. The molecule has 0 heterocycles. The van der Waals surface area contributed by atoms with Gasteiger partial charge in [0.25, 0.3) is 0 Å². The van der Waals surface area contributed by atoms with Gasteiger partial charge in [0.2, 0.25) is 0 Å². The molecule has 0 bridgehead atoms. The molecule has 7 heteroatoms. The Morgan fingerprint density at radius 1 is 0.970 bits per heavy atom. The minimum Gasteiger partial charge on any atom is -0.548 e. The van der Waals surface area contributed by atoms with E-state index in [1.165, 1.54) is 24.3 Å². The molecule has 5 nitrogen and oxygen atoms in total. The third-order valence-electron chi connectivity index (χ3n) is 5.52. The summed E-state index contributed by atoms with van der Waals surface area (Å²) in [6.45, 7) is 0.292. The molecule has 1 atom stereocenters. The maximum Gasteiger partial charge on any atom is 0.387 e. The van der Waals surface area contributed by atoms with E-state index in [-0.39, 0.29) is 17.7 Å². The molecule has 3 rings (SSSR count). The van der Waals surface area contributed by atoms with E-state index in [2.05, 4.69) is 4.74 Å². The van der Waals surface area contributed by atoms with E-state index in [4.69, 9.17) is 4.74 Å². The van der Waals surface area contributed by atoms with E-state index in [0.29, 0.717) is 11.5 Å². The van der Waals surface area contributed by atoms with Crippen LogP contribution in [0.15, 0.2) is 78.9 Å². The van der Waals surface area contributed by atoms with Crippen LogP contribution in [0, 0.1) is 16.7 Å². The summed E-state index contributed by atoms with van der Waals surface area (Å²) in [5, 5.41) is 22.4. The Morgan fingerprint density at radius 2 is 1.61 bits per heavy atom. The SMILES string of the molecule is CC(C)(Cc1cccc(Oc2ccccc2)c1)C(C#N)(C(=O)[O-])c1ccc(OC(F)F)cc1. The fourth-order valence-electron chi connectivity index (χ4n) is 3.92. The van der Waals surface area contributed by atoms with Crippen LogP contribution in [-0.2, 0) is 16.6 Å². The number of hydrogen-bond acceptors (Lipinski definition) is 5. The van der Waals surface area contributed by atoms with Gasteiger partial charge in [-0.15, -0.1) is 0 Å². The van der Waals surface area contributed by atoms with Gasteiger partial charge in [-0.2, -0.15) is 14.0 Å². The summed E-state index contributed by atoms with van der Waals surface area (Å²) in [6.07, 6.45) is 0.204. The zero-order chi connectivity index (χ0) is 24.1. The number of nitrogens with zero attached hydrogens (tertiary/aromatic N) is 1. The van der Waals surface area contributed by atoms with Crippen molar-refractivity contribution < 1.29 is 28.2 Å². The Kier molecular flexibility index (Phi) is 6.98. The number of rotatable bonds is 9. The van der Waals surface area contributed by atoms with Gasteiger partial charge in [0.1, 0.15) is 22.7 Å². The van der Waals surface area contributed by atoms with E-state index in [1.54, 1.807) is 32.0 Å². The molecule has 3 aromatic carbocycles. The Morgan fingerprint density at radius 3 is 2.18 bits per heavy atom. The Hall–Kier alpha value is -3.92. The molecule has 33 heavy (non-hydrogen) atoms. The second-order valence-corrected chi connectivity index (χ2v) is 8.18. The maximum atomic E-state index is 12.5. The lowest BCUT2D eigenvalue weighted by atomic mass is 9.60. The predicted octanol–water partition coefficient (Wildman–Crippen LogP) is 4.86. The second-order valence-electron chi connectivity index (χ2n) is 8.18. The topological polar surface area (TPSA) is 82.4 Å². The number of carbonyl (C=O) groups excluding carboxylic acids is 1. The van der Waals surface area contributed by atoms with Crippen molar-refractivity contribution in [3.8, 4) is 23.3 Å². The number of carboxylic acids is 1. The van der Waals surface area contributed by atoms with Crippen LogP contribution in [0.2, 0.25) is 0 Å². The average molecular weight is 450 g/mol. The van der Waals surface area contributed by atoms with Crippen LogP contribution >= 0.6 is 0 Å². The van der Waals surface area contributed by atoms with Crippen LogP contribution < -0.4 is 14.6 Å². The van der Waals surface area contributed by atoms with Crippen molar-refractivity contribution >= 4 is 5.97 Å². The lowest BCUT2D eigenvalue weighted by Gasteiger charge is -2.43. The molecule has 0 saturated heterocycles. The molecule has 1 unspecified atom stereocenters. The fraction of sp³-hybridized carbons (Fsp3) is 0.231. The van der Waals surface area contributed by atoms with Gasteiger partial charge in [0.05, 0.1) is 12.0 Å². The number of para-hydroxylation sites is 1. The fourth-order valence-corrected chi connectivity index (χ4v) is 3.92. The highest BCUT2D eigenvalue weighted by molar-refractivity contribution is 5.85. The van der Waals surface area contributed by atoms with Gasteiger partial charge in [-0.05, 0) is 59.4 Å². The zero-order valence-electron chi connectivity index (χ0n) is 18.1. The summed E-state index contributed by atoms with van der Waals surface area (Å²) in [4.78, 5) is 12.4. The number of halogens is 2. The molecule has 0 saturated carbocycles. The molecule has 0 aliphatic heterocycles. The first-order valence-electron chi connectivity index (χ1n) is 10.2. The number of ether oxygens (including phenoxy) is 2. The van der Waals surface area contributed by atoms with E-state index >= 15 is 0 Å². The molecule has 0 amide bonds. The Labute approximate surface area is 190 Å². The predicted molar refractivity (Wildman–Crippen MR) is 116 cm³/mol. The molecule has 0 aromatic heterocycles. The largest absolute Gasteiger partial charge is 0.548 e. The van der Waals surface area contributed by atoms with Crippen LogP contribution in [-0.4, -0.2) is 12.6 Å². The molecular weight excluding hydrogens is 428 g/mol. The van der Waals surface area contributed by atoms with Crippen molar-refractivity contribution in [3.63, 3.8) is 0 Å². The Balaban J connectivity index is 1.93. The first-order valence-corrected chi connectivity index (χ1v) is 10.2. The van der Waals surface area contributed by atoms with Gasteiger partial charge in [-0.3, -0.25) is 0 Å². The smallest absolute Gasteiger partial charge is 0.387 e. The molecule has 0 radical (unpaired) electrons. The first kappa shape index (κ1) is 23.7. The molecule has 0 spiro atoms. The van der Waals surface area contributed by atoms with Crippen LogP contribution in [0.5, 0.6) is 17.2 Å². The number of nitriles is 1. The summed E-state index contributed by atoms with van der Waals surface area (Å²) in [6, 6.07) is 23.3. The van der Waals surface area contributed by atoms with Crippen molar-refractivity contribution in [1.82, 2.24) is 0 Å². The minimum absolute atomic E-state index is 0.119. The van der Waals surface area contributed by atoms with Crippen molar-refractivity contribution in [2.24, 2.45) is 5.41 Å². The monoisotopic (exact) mass is 450 g/mol. The number of hydrogen-bond donors (Lipinski definition) is 0. The highest BCUT2D eigenvalue weighted by Gasteiger charge is 2.48. The number of alkyl halides is 2. The van der Waals surface area contributed by atoms with Gasteiger partial charge in [-0.25, -0.2) is 0 Å². The summed E-state index contributed by atoms with van der Waals surface area (Å²) in [5.74, 6) is -0.489. The molecule has 0 fully saturated rings. The maximum absolute atomic E-state index is 12.5. The zero-order valence-corrected chi connectivity index (χ0v) is 18.1. The summed E-state index contributed by atoms with van der Waals surface area (Å²) < 4.78 is 35.1. The molecule has 170 valence electrons. The highest BCUT2D eigenvalue weighted by atomic mass is 19.3. The third-order valence-corrected chi connectivity index (χ3v) is 5.52. The third kappa shape index (κ3) is 5.12. The van der Waals surface area contributed by atoms with Gasteiger partial charge in [0, 0.05) is 0 Å². The average Bonchev–Trinajstić information content (AvgIpc) is 2.75. The highest BCUT2D eigenvalue weighted by Crippen LogP contribution is 2.44. The molecule has 3 aromatic rings. The van der Waals surface area contributed by atoms with E-state index < -0.39 is 23.4 Å². The van der Waals surface area contributed by atoms with Crippen LogP contribution in [0.25, 0.3) is 0 Å². The normalized spacial score (nSPS) is 13.1. The first-order chi connectivity index (χ1) is 15.7. The van der Waals surface area contributed by atoms with Crippen LogP contribution in [0.3, 0.4) is 0 Å². The Bertz CT molecular complexity index is 1140. The summed E-state index contributed by atoms with van der Waals surface area (Å²) >= 11 is 0.